The van der Waals surface area contributed by atoms with E-state index in [-0.39, 0.29) is 0 Å². The van der Waals surface area contributed by atoms with E-state index >= 15 is 0 Å². The molecule has 2 aliphatic heterocycles. The Morgan fingerprint density at radius 3 is 1.93 bits per heavy atom. The highest BCUT2D eigenvalue weighted by Gasteiger charge is 2.49. The molecule has 0 aromatic rings. The molecular weight excluding hydrogens is 174 g/mol. The van der Waals surface area contributed by atoms with Gasteiger partial charge in [0.05, 0.1) is 13.2 Å². The molecule has 1 spiro atoms. The maximum absolute atomic E-state index is 5.23. The van der Waals surface area contributed by atoms with Gasteiger partial charge in [-0.15, -0.1) is 0 Å². The second-order valence-electron chi connectivity index (χ2n) is 5.70. The third-order valence-electron chi connectivity index (χ3n) is 2.63. The smallest absolute Gasteiger partial charge is 0.0569 e. The van der Waals surface area contributed by atoms with Crippen molar-refractivity contribution >= 4 is 0 Å². The Labute approximate surface area is 88.6 Å². The predicted octanol–water partition coefficient (Wildman–Crippen LogP) is 2.39. The summed E-state index contributed by atoms with van der Waals surface area (Å²) in [6.45, 7) is 16.7. The summed E-state index contributed by atoms with van der Waals surface area (Å²) < 4.78 is 5.23. The summed E-state index contributed by atoms with van der Waals surface area (Å²) in [5, 5.41) is 0. The van der Waals surface area contributed by atoms with E-state index in [2.05, 4.69) is 25.7 Å². The number of ether oxygens (including phenoxy) is 1. The molecule has 0 aliphatic carbocycles. The Bertz CT molecular complexity index is 171. The van der Waals surface area contributed by atoms with Gasteiger partial charge in [0.25, 0.3) is 0 Å². The Morgan fingerprint density at radius 1 is 1.14 bits per heavy atom. The first-order valence-corrected chi connectivity index (χ1v) is 5.79. The van der Waals surface area contributed by atoms with Gasteiger partial charge in [-0.05, 0) is 5.41 Å². The SMILES string of the molecule is CC.CC(C)(C)CN1CC2(COC2)C1. The van der Waals surface area contributed by atoms with E-state index in [1.807, 2.05) is 13.8 Å². The van der Waals surface area contributed by atoms with Gasteiger partial charge in [0.1, 0.15) is 0 Å². The molecule has 0 atom stereocenters. The van der Waals surface area contributed by atoms with E-state index in [4.69, 9.17) is 4.74 Å². The molecule has 0 N–H and O–H groups in total. The third kappa shape index (κ3) is 2.71. The molecule has 2 saturated heterocycles. The summed E-state index contributed by atoms with van der Waals surface area (Å²) in [6, 6.07) is 0. The molecule has 2 fully saturated rings. The Balaban J connectivity index is 0.000000461. The molecule has 0 aromatic heterocycles. The maximum atomic E-state index is 5.23. The monoisotopic (exact) mass is 199 g/mol. The van der Waals surface area contributed by atoms with Crippen LogP contribution in [0, 0.1) is 10.8 Å². The van der Waals surface area contributed by atoms with Gasteiger partial charge in [-0.1, -0.05) is 34.6 Å². The molecule has 0 bridgehead atoms. The van der Waals surface area contributed by atoms with Crippen LogP contribution in [0.4, 0.5) is 0 Å². The normalized spacial score (nSPS) is 24.6. The average molecular weight is 199 g/mol. The van der Waals surface area contributed by atoms with Crippen molar-refractivity contribution in [2.75, 3.05) is 32.8 Å². The van der Waals surface area contributed by atoms with Gasteiger partial charge in [-0.25, -0.2) is 0 Å². The molecule has 0 aromatic carbocycles. The summed E-state index contributed by atoms with van der Waals surface area (Å²) in [5.41, 5.74) is 1.04. The lowest BCUT2D eigenvalue weighted by atomic mass is 9.77. The highest BCUT2D eigenvalue weighted by Crippen LogP contribution is 2.38. The van der Waals surface area contributed by atoms with E-state index in [1.165, 1.54) is 19.6 Å². The Kier molecular flexibility index (Phi) is 3.59. The maximum Gasteiger partial charge on any atom is 0.0569 e. The summed E-state index contributed by atoms with van der Waals surface area (Å²) in [6.07, 6.45) is 0. The summed E-state index contributed by atoms with van der Waals surface area (Å²) in [5.74, 6) is 0. The minimum Gasteiger partial charge on any atom is -0.380 e. The van der Waals surface area contributed by atoms with Crippen molar-refractivity contribution in [3.05, 3.63) is 0 Å². The Hall–Kier alpha value is -0.0800. The number of likely N-dealkylation sites (tertiary alicyclic amines) is 1. The van der Waals surface area contributed by atoms with Crippen LogP contribution in [0.3, 0.4) is 0 Å². The molecule has 0 unspecified atom stereocenters. The quantitative estimate of drug-likeness (QED) is 0.643. The molecule has 2 heterocycles. The first-order valence-electron chi connectivity index (χ1n) is 5.79. The van der Waals surface area contributed by atoms with Crippen molar-refractivity contribution in [1.82, 2.24) is 4.90 Å². The lowest BCUT2D eigenvalue weighted by Crippen LogP contribution is -2.66. The molecule has 2 nitrogen and oxygen atoms in total. The van der Waals surface area contributed by atoms with E-state index in [1.54, 1.807) is 0 Å². The van der Waals surface area contributed by atoms with Crippen molar-refractivity contribution in [3.63, 3.8) is 0 Å². The summed E-state index contributed by atoms with van der Waals surface area (Å²) in [4.78, 5) is 2.54. The van der Waals surface area contributed by atoms with E-state index in [0.29, 0.717) is 10.8 Å². The van der Waals surface area contributed by atoms with Gasteiger partial charge >= 0.3 is 0 Å². The lowest BCUT2D eigenvalue weighted by Gasteiger charge is -2.56. The molecule has 2 aliphatic rings. The fraction of sp³-hybridized carbons (Fsp3) is 1.00. The zero-order valence-corrected chi connectivity index (χ0v) is 10.4. The van der Waals surface area contributed by atoms with Crippen LogP contribution < -0.4 is 0 Å². The highest BCUT2D eigenvalue weighted by molar-refractivity contribution is 5.00. The molecular formula is C12H25NO. The lowest BCUT2D eigenvalue weighted by molar-refractivity contribution is -0.193. The fourth-order valence-corrected chi connectivity index (χ4v) is 2.26. The van der Waals surface area contributed by atoms with Crippen molar-refractivity contribution < 1.29 is 4.74 Å². The van der Waals surface area contributed by atoms with Gasteiger partial charge in [0, 0.05) is 25.0 Å². The zero-order valence-electron chi connectivity index (χ0n) is 10.4. The van der Waals surface area contributed by atoms with Crippen LogP contribution in [-0.4, -0.2) is 37.7 Å². The van der Waals surface area contributed by atoms with Crippen LogP contribution in [0.15, 0.2) is 0 Å². The second-order valence-corrected chi connectivity index (χ2v) is 5.70. The van der Waals surface area contributed by atoms with Crippen molar-refractivity contribution in [3.8, 4) is 0 Å². The van der Waals surface area contributed by atoms with Crippen LogP contribution in [0.1, 0.15) is 34.6 Å². The van der Waals surface area contributed by atoms with E-state index in [0.717, 1.165) is 13.2 Å². The molecule has 0 saturated carbocycles. The zero-order chi connectivity index (χ0) is 10.8. The van der Waals surface area contributed by atoms with Crippen molar-refractivity contribution in [2.24, 2.45) is 10.8 Å². The number of rotatable bonds is 1. The number of hydrogen-bond donors (Lipinski definition) is 0. The first kappa shape index (κ1) is 12.0. The van der Waals surface area contributed by atoms with Gasteiger partial charge < -0.3 is 9.64 Å². The molecule has 0 radical (unpaired) electrons. The molecule has 2 rings (SSSR count). The second kappa shape index (κ2) is 4.19. The fourth-order valence-electron chi connectivity index (χ4n) is 2.26. The minimum atomic E-state index is 0.451. The van der Waals surface area contributed by atoms with E-state index in [9.17, 15) is 0 Å². The van der Waals surface area contributed by atoms with Gasteiger partial charge in [-0.2, -0.15) is 0 Å². The van der Waals surface area contributed by atoms with E-state index < -0.39 is 0 Å². The average Bonchev–Trinajstić information content (AvgIpc) is 1.94. The molecule has 0 amide bonds. The van der Waals surface area contributed by atoms with Crippen LogP contribution >= 0.6 is 0 Å². The third-order valence-corrected chi connectivity index (χ3v) is 2.63. The van der Waals surface area contributed by atoms with Crippen molar-refractivity contribution in [2.45, 2.75) is 34.6 Å². The summed E-state index contributed by atoms with van der Waals surface area (Å²) in [7, 11) is 0. The molecule has 14 heavy (non-hydrogen) atoms. The highest BCUT2D eigenvalue weighted by atomic mass is 16.5. The van der Waals surface area contributed by atoms with Crippen LogP contribution in [0.2, 0.25) is 0 Å². The minimum absolute atomic E-state index is 0.451. The van der Waals surface area contributed by atoms with Crippen molar-refractivity contribution in [1.29, 1.82) is 0 Å². The number of nitrogens with zero attached hydrogens (tertiary/aromatic N) is 1. The van der Waals surface area contributed by atoms with Gasteiger partial charge in [0.15, 0.2) is 0 Å². The first-order chi connectivity index (χ1) is 6.49. The molecule has 2 heteroatoms. The molecule has 84 valence electrons. The van der Waals surface area contributed by atoms with Gasteiger partial charge in [0.2, 0.25) is 0 Å². The predicted molar refractivity (Wildman–Crippen MR) is 60.5 cm³/mol. The van der Waals surface area contributed by atoms with Gasteiger partial charge in [-0.3, -0.25) is 0 Å². The van der Waals surface area contributed by atoms with Crippen LogP contribution in [0.5, 0.6) is 0 Å². The Morgan fingerprint density at radius 2 is 1.64 bits per heavy atom. The van der Waals surface area contributed by atoms with Crippen LogP contribution in [0.25, 0.3) is 0 Å². The number of hydrogen-bond acceptors (Lipinski definition) is 2. The largest absolute Gasteiger partial charge is 0.380 e. The summed E-state index contributed by atoms with van der Waals surface area (Å²) >= 11 is 0. The van der Waals surface area contributed by atoms with Crippen LogP contribution in [-0.2, 0) is 4.74 Å². The standard InChI is InChI=1S/C10H19NO.C2H6/c1-9(2,3)4-11-5-10(6-11)7-12-8-10;1-2/h4-8H2,1-3H3;1-2H3. The topological polar surface area (TPSA) is 12.5 Å².